The Morgan fingerprint density at radius 3 is 2.56 bits per heavy atom. The lowest BCUT2D eigenvalue weighted by Gasteiger charge is -2.35. The number of benzene rings is 1. The Bertz CT molecular complexity index is 1230. The van der Waals surface area contributed by atoms with E-state index in [0.717, 1.165) is 5.69 Å². The van der Waals surface area contributed by atoms with E-state index in [1.54, 1.807) is 47.6 Å². The highest BCUT2D eigenvalue weighted by molar-refractivity contribution is 5.96. The van der Waals surface area contributed by atoms with Crippen LogP contribution in [0.2, 0.25) is 0 Å². The average Bonchev–Trinajstić information content (AvgIpc) is 2.89. The standard InChI is InChI=1S/C24H23N7O3/c1-17(20-6-2-3-9-26-20)28-21-8-7-18(15-22(21)31(33)34)24(32)30-13-11-29(12-14-30)23-19(16-25)5-4-10-27-23/h2-10,15,17,28H,11-14H2,1H3. The van der Waals surface area contributed by atoms with E-state index in [1.165, 1.54) is 6.07 Å². The van der Waals surface area contributed by atoms with E-state index in [0.29, 0.717) is 43.2 Å². The maximum atomic E-state index is 13.1. The third-order valence-corrected chi connectivity index (χ3v) is 5.72. The maximum absolute atomic E-state index is 13.1. The molecule has 1 N–H and O–H groups in total. The average molecular weight is 457 g/mol. The summed E-state index contributed by atoms with van der Waals surface area (Å²) in [6, 6.07) is 15.3. The molecule has 1 aromatic carbocycles. The van der Waals surface area contributed by atoms with Crippen molar-refractivity contribution in [3.8, 4) is 6.07 Å². The van der Waals surface area contributed by atoms with Crippen LogP contribution >= 0.6 is 0 Å². The molecule has 0 saturated carbocycles. The first-order valence-corrected chi connectivity index (χ1v) is 10.8. The number of anilines is 2. The lowest BCUT2D eigenvalue weighted by molar-refractivity contribution is -0.384. The van der Waals surface area contributed by atoms with Crippen LogP contribution in [0.15, 0.2) is 60.9 Å². The van der Waals surface area contributed by atoms with Crippen LogP contribution in [0.1, 0.15) is 34.6 Å². The van der Waals surface area contributed by atoms with Gasteiger partial charge in [-0.25, -0.2) is 4.98 Å². The normalized spacial score (nSPS) is 14.2. The van der Waals surface area contributed by atoms with Gasteiger partial charge in [0.05, 0.1) is 22.2 Å². The van der Waals surface area contributed by atoms with Crippen LogP contribution in [-0.4, -0.2) is 51.9 Å². The summed E-state index contributed by atoms with van der Waals surface area (Å²) in [7, 11) is 0. The number of hydrogen-bond donors (Lipinski definition) is 1. The second kappa shape index (κ2) is 9.95. The summed E-state index contributed by atoms with van der Waals surface area (Å²) in [4.78, 5) is 36.5. The number of nitriles is 1. The Hall–Kier alpha value is -4.52. The summed E-state index contributed by atoms with van der Waals surface area (Å²) in [6.45, 7) is 3.74. The Morgan fingerprint density at radius 1 is 1.12 bits per heavy atom. The highest BCUT2D eigenvalue weighted by Crippen LogP contribution is 2.29. The Morgan fingerprint density at radius 2 is 1.88 bits per heavy atom. The summed E-state index contributed by atoms with van der Waals surface area (Å²) in [6.07, 6.45) is 3.30. The number of nitro benzene ring substituents is 1. The fourth-order valence-corrected chi connectivity index (χ4v) is 3.92. The molecule has 172 valence electrons. The minimum absolute atomic E-state index is 0.167. The molecule has 0 radical (unpaired) electrons. The molecule has 3 heterocycles. The van der Waals surface area contributed by atoms with E-state index in [1.807, 2.05) is 24.0 Å². The molecule has 4 rings (SSSR count). The number of piperazine rings is 1. The smallest absolute Gasteiger partial charge is 0.293 e. The van der Waals surface area contributed by atoms with E-state index < -0.39 is 4.92 Å². The number of carbonyl (C=O) groups excluding carboxylic acids is 1. The second-order valence-electron chi connectivity index (χ2n) is 7.88. The molecule has 3 aromatic rings. The van der Waals surface area contributed by atoms with Gasteiger partial charge in [0.1, 0.15) is 17.6 Å². The molecule has 1 aliphatic rings. The summed E-state index contributed by atoms with van der Waals surface area (Å²) >= 11 is 0. The topological polar surface area (TPSA) is 128 Å². The van der Waals surface area contributed by atoms with Crippen molar-refractivity contribution in [2.24, 2.45) is 0 Å². The molecule has 1 aliphatic heterocycles. The first-order valence-electron chi connectivity index (χ1n) is 10.8. The summed E-state index contributed by atoms with van der Waals surface area (Å²) in [5.74, 6) is 0.332. The monoisotopic (exact) mass is 457 g/mol. The third kappa shape index (κ3) is 4.78. The van der Waals surface area contributed by atoms with Crippen LogP contribution in [0.4, 0.5) is 17.2 Å². The van der Waals surface area contributed by atoms with E-state index in [9.17, 15) is 20.2 Å². The zero-order chi connectivity index (χ0) is 24.1. The van der Waals surface area contributed by atoms with Gasteiger partial charge in [0, 0.05) is 50.2 Å². The Balaban J connectivity index is 1.47. The van der Waals surface area contributed by atoms with Crippen molar-refractivity contribution >= 4 is 23.1 Å². The molecule has 0 aliphatic carbocycles. The molecule has 2 aromatic heterocycles. The zero-order valence-corrected chi connectivity index (χ0v) is 18.6. The van der Waals surface area contributed by atoms with Gasteiger partial charge < -0.3 is 15.1 Å². The first kappa shape index (κ1) is 22.7. The molecule has 0 spiro atoms. The fourth-order valence-electron chi connectivity index (χ4n) is 3.92. The van der Waals surface area contributed by atoms with Gasteiger partial charge in [-0.1, -0.05) is 6.07 Å². The van der Waals surface area contributed by atoms with Crippen molar-refractivity contribution in [3.63, 3.8) is 0 Å². The lowest BCUT2D eigenvalue weighted by atomic mass is 10.1. The van der Waals surface area contributed by atoms with Gasteiger partial charge in [-0.2, -0.15) is 5.26 Å². The molecular formula is C24H23N7O3. The lowest BCUT2D eigenvalue weighted by Crippen LogP contribution is -2.49. The van der Waals surface area contributed by atoms with Gasteiger partial charge in [0.2, 0.25) is 0 Å². The van der Waals surface area contributed by atoms with Crippen LogP contribution < -0.4 is 10.2 Å². The largest absolute Gasteiger partial charge is 0.371 e. The number of hydrogen-bond acceptors (Lipinski definition) is 8. The van der Waals surface area contributed by atoms with Crippen LogP contribution in [0.25, 0.3) is 0 Å². The van der Waals surface area contributed by atoms with Gasteiger partial charge in [0.25, 0.3) is 11.6 Å². The number of pyridine rings is 2. The third-order valence-electron chi connectivity index (χ3n) is 5.72. The molecular weight excluding hydrogens is 434 g/mol. The molecule has 1 atom stereocenters. The van der Waals surface area contributed by atoms with E-state index in [-0.39, 0.29) is 23.2 Å². The van der Waals surface area contributed by atoms with Crippen molar-refractivity contribution in [3.05, 3.63) is 87.9 Å². The van der Waals surface area contributed by atoms with Gasteiger partial charge >= 0.3 is 0 Å². The van der Waals surface area contributed by atoms with Crippen LogP contribution in [0.3, 0.4) is 0 Å². The van der Waals surface area contributed by atoms with Crippen molar-refractivity contribution in [1.82, 2.24) is 14.9 Å². The number of nitrogens with zero attached hydrogens (tertiary/aromatic N) is 6. The molecule has 1 unspecified atom stereocenters. The van der Waals surface area contributed by atoms with E-state index >= 15 is 0 Å². The highest BCUT2D eigenvalue weighted by Gasteiger charge is 2.26. The van der Waals surface area contributed by atoms with Crippen LogP contribution in [-0.2, 0) is 0 Å². The molecule has 34 heavy (non-hydrogen) atoms. The summed E-state index contributed by atoms with van der Waals surface area (Å²) in [5.41, 5.74) is 1.65. The molecule has 10 heteroatoms. The van der Waals surface area contributed by atoms with Crippen LogP contribution in [0, 0.1) is 21.4 Å². The number of rotatable bonds is 6. The highest BCUT2D eigenvalue weighted by atomic mass is 16.6. The number of aromatic nitrogens is 2. The Kier molecular flexibility index (Phi) is 6.64. The molecule has 10 nitrogen and oxygen atoms in total. The van der Waals surface area contributed by atoms with Gasteiger partial charge in [0.15, 0.2) is 0 Å². The molecule has 1 saturated heterocycles. The quantitative estimate of drug-likeness (QED) is 0.441. The number of amides is 1. The van der Waals surface area contributed by atoms with Gasteiger partial charge in [-0.3, -0.25) is 19.9 Å². The van der Waals surface area contributed by atoms with Gasteiger partial charge in [-0.15, -0.1) is 0 Å². The minimum Gasteiger partial charge on any atom is -0.371 e. The molecule has 1 amide bonds. The fraction of sp³-hybridized carbons (Fsp3) is 0.250. The maximum Gasteiger partial charge on any atom is 0.293 e. The predicted molar refractivity (Wildman–Crippen MR) is 126 cm³/mol. The number of nitro groups is 1. The summed E-state index contributed by atoms with van der Waals surface area (Å²) < 4.78 is 0. The van der Waals surface area contributed by atoms with E-state index in [4.69, 9.17) is 0 Å². The zero-order valence-electron chi connectivity index (χ0n) is 18.6. The number of nitrogens with one attached hydrogen (secondary N) is 1. The van der Waals surface area contributed by atoms with E-state index in [2.05, 4.69) is 21.4 Å². The Labute approximate surface area is 196 Å². The molecule has 0 bridgehead atoms. The molecule has 1 fully saturated rings. The SMILES string of the molecule is CC(Nc1ccc(C(=O)N2CCN(c3ncccc3C#N)CC2)cc1[N+](=O)[O-])c1ccccn1. The van der Waals surface area contributed by atoms with Crippen LogP contribution in [0.5, 0.6) is 0 Å². The first-order chi connectivity index (χ1) is 16.5. The minimum atomic E-state index is -0.493. The number of carbonyl (C=O) groups is 1. The van der Waals surface area contributed by atoms with Crippen molar-refractivity contribution in [2.45, 2.75) is 13.0 Å². The second-order valence-corrected chi connectivity index (χ2v) is 7.88. The van der Waals surface area contributed by atoms with Crippen molar-refractivity contribution < 1.29 is 9.72 Å². The van der Waals surface area contributed by atoms with Gasteiger partial charge in [-0.05, 0) is 43.3 Å². The van der Waals surface area contributed by atoms with Crippen molar-refractivity contribution in [1.29, 1.82) is 5.26 Å². The van der Waals surface area contributed by atoms with Crippen molar-refractivity contribution in [2.75, 3.05) is 36.4 Å². The predicted octanol–water partition coefficient (Wildman–Crippen LogP) is 3.39. The summed E-state index contributed by atoms with van der Waals surface area (Å²) in [5, 5.41) is 24.2.